The van der Waals surface area contributed by atoms with Crippen LogP contribution in [0.1, 0.15) is 27.2 Å². The third kappa shape index (κ3) is 4.04. The zero-order valence-corrected chi connectivity index (χ0v) is 8.30. The third-order valence-corrected chi connectivity index (χ3v) is 2.32. The first-order chi connectivity index (χ1) is 5.58. The summed E-state index contributed by atoms with van der Waals surface area (Å²) in [5.74, 6) is 0.252. The molecule has 3 N–H and O–H groups in total. The van der Waals surface area contributed by atoms with Crippen molar-refractivity contribution in [3.63, 3.8) is 0 Å². The first-order valence-electron chi connectivity index (χ1n) is 4.54. The molecule has 3 heteroatoms. The van der Waals surface area contributed by atoms with Gasteiger partial charge in [0.1, 0.15) is 0 Å². The molecule has 0 aliphatic heterocycles. The maximum atomic E-state index is 9.05. The lowest BCUT2D eigenvalue weighted by atomic mass is 9.99. The highest BCUT2D eigenvalue weighted by Crippen LogP contribution is 2.07. The molecule has 0 fully saturated rings. The molecule has 0 aromatic carbocycles. The molecular formula is C9H21NO2. The summed E-state index contributed by atoms with van der Waals surface area (Å²) in [7, 11) is 0. The fourth-order valence-electron chi connectivity index (χ4n) is 0.778. The predicted octanol–water partition coefficient (Wildman–Crippen LogP) is 0.365. The van der Waals surface area contributed by atoms with E-state index >= 15 is 0 Å². The van der Waals surface area contributed by atoms with Crippen LogP contribution in [0.5, 0.6) is 0 Å². The minimum atomic E-state index is -0.191. The van der Waals surface area contributed by atoms with E-state index in [4.69, 9.17) is 10.2 Å². The second-order valence-corrected chi connectivity index (χ2v) is 3.74. The Labute approximate surface area is 74.8 Å². The van der Waals surface area contributed by atoms with Gasteiger partial charge in [0.15, 0.2) is 0 Å². The van der Waals surface area contributed by atoms with E-state index in [0.717, 1.165) is 13.0 Å². The highest BCUT2D eigenvalue weighted by atomic mass is 16.3. The molecule has 0 aliphatic carbocycles. The van der Waals surface area contributed by atoms with Gasteiger partial charge in [-0.2, -0.15) is 0 Å². The van der Waals surface area contributed by atoms with Gasteiger partial charge in [0.2, 0.25) is 0 Å². The maximum absolute atomic E-state index is 9.05. The molecule has 3 nitrogen and oxygen atoms in total. The molecule has 0 bridgehead atoms. The van der Waals surface area contributed by atoms with Crippen molar-refractivity contribution in [1.29, 1.82) is 0 Å². The summed E-state index contributed by atoms with van der Waals surface area (Å²) in [6.07, 6.45) is 0.891. The normalized spacial score (nSPS) is 18.8. The van der Waals surface area contributed by atoms with E-state index in [0.29, 0.717) is 0 Å². The van der Waals surface area contributed by atoms with E-state index < -0.39 is 0 Å². The van der Waals surface area contributed by atoms with Crippen LogP contribution in [0.15, 0.2) is 0 Å². The number of hydrogen-bond acceptors (Lipinski definition) is 3. The Hall–Kier alpha value is -0.120. The van der Waals surface area contributed by atoms with Gasteiger partial charge in [-0.15, -0.1) is 0 Å². The lowest BCUT2D eigenvalue weighted by Gasteiger charge is -2.28. The SMILES string of the molecule is CCC(C)(CO)NCC(C)CO. The van der Waals surface area contributed by atoms with Gasteiger partial charge in [-0.05, 0) is 19.3 Å². The lowest BCUT2D eigenvalue weighted by Crippen LogP contribution is -2.47. The van der Waals surface area contributed by atoms with Gasteiger partial charge in [0.25, 0.3) is 0 Å². The van der Waals surface area contributed by atoms with Crippen LogP contribution in [0.4, 0.5) is 0 Å². The van der Waals surface area contributed by atoms with Crippen LogP contribution in [0, 0.1) is 5.92 Å². The molecule has 0 saturated heterocycles. The summed E-state index contributed by atoms with van der Waals surface area (Å²) in [6.45, 7) is 7.08. The molecule has 2 atom stereocenters. The Kier molecular flexibility index (Phi) is 5.46. The van der Waals surface area contributed by atoms with Crippen molar-refractivity contribution in [2.75, 3.05) is 19.8 Å². The monoisotopic (exact) mass is 175 g/mol. The molecule has 0 aliphatic rings. The van der Waals surface area contributed by atoms with E-state index in [-0.39, 0.29) is 24.7 Å². The van der Waals surface area contributed by atoms with Crippen molar-refractivity contribution in [2.45, 2.75) is 32.7 Å². The third-order valence-electron chi connectivity index (χ3n) is 2.32. The van der Waals surface area contributed by atoms with Crippen LogP contribution in [0.3, 0.4) is 0 Å². The summed E-state index contributed by atoms with van der Waals surface area (Å²) in [4.78, 5) is 0. The molecule has 0 aromatic rings. The first kappa shape index (κ1) is 11.9. The van der Waals surface area contributed by atoms with Gasteiger partial charge in [0, 0.05) is 18.7 Å². The number of aliphatic hydroxyl groups is 2. The highest BCUT2D eigenvalue weighted by molar-refractivity contribution is 4.80. The van der Waals surface area contributed by atoms with E-state index in [9.17, 15) is 0 Å². The van der Waals surface area contributed by atoms with Crippen molar-refractivity contribution >= 4 is 0 Å². The zero-order valence-electron chi connectivity index (χ0n) is 8.30. The van der Waals surface area contributed by atoms with Crippen LogP contribution >= 0.6 is 0 Å². The smallest absolute Gasteiger partial charge is 0.0610 e. The van der Waals surface area contributed by atoms with Gasteiger partial charge < -0.3 is 15.5 Å². The Balaban J connectivity index is 3.72. The summed E-state index contributed by atoms with van der Waals surface area (Å²) >= 11 is 0. The predicted molar refractivity (Wildman–Crippen MR) is 50.0 cm³/mol. The molecule has 0 radical (unpaired) electrons. The average Bonchev–Trinajstić information content (AvgIpc) is 2.13. The molecule has 2 unspecified atom stereocenters. The summed E-state index contributed by atoms with van der Waals surface area (Å²) in [5, 5.41) is 21.1. The fraction of sp³-hybridized carbons (Fsp3) is 1.00. The molecule has 12 heavy (non-hydrogen) atoms. The molecule has 0 aromatic heterocycles. The van der Waals surface area contributed by atoms with E-state index in [1.54, 1.807) is 0 Å². The Morgan fingerprint density at radius 3 is 2.33 bits per heavy atom. The maximum Gasteiger partial charge on any atom is 0.0610 e. The Morgan fingerprint density at radius 2 is 2.00 bits per heavy atom. The Morgan fingerprint density at radius 1 is 1.42 bits per heavy atom. The molecule has 0 amide bonds. The molecule has 0 heterocycles. The molecule has 0 spiro atoms. The van der Waals surface area contributed by atoms with Crippen LogP contribution in [0.2, 0.25) is 0 Å². The van der Waals surface area contributed by atoms with E-state index in [2.05, 4.69) is 5.32 Å². The number of hydrogen-bond donors (Lipinski definition) is 3. The van der Waals surface area contributed by atoms with Crippen LogP contribution in [-0.4, -0.2) is 35.5 Å². The topological polar surface area (TPSA) is 52.5 Å². The van der Waals surface area contributed by atoms with Crippen molar-refractivity contribution < 1.29 is 10.2 Å². The Bertz CT molecular complexity index is 113. The second-order valence-electron chi connectivity index (χ2n) is 3.74. The van der Waals surface area contributed by atoms with Gasteiger partial charge in [0.05, 0.1) is 6.61 Å². The van der Waals surface area contributed by atoms with Gasteiger partial charge in [-0.1, -0.05) is 13.8 Å². The largest absolute Gasteiger partial charge is 0.396 e. The van der Waals surface area contributed by atoms with Crippen LogP contribution in [-0.2, 0) is 0 Å². The number of aliphatic hydroxyl groups excluding tert-OH is 2. The van der Waals surface area contributed by atoms with Crippen molar-refractivity contribution in [3.8, 4) is 0 Å². The minimum Gasteiger partial charge on any atom is -0.396 e. The quantitative estimate of drug-likeness (QED) is 0.546. The van der Waals surface area contributed by atoms with E-state index in [1.807, 2.05) is 20.8 Å². The van der Waals surface area contributed by atoms with Gasteiger partial charge >= 0.3 is 0 Å². The molecule has 0 saturated carbocycles. The number of rotatable bonds is 6. The fourth-order valence-corrected chi connectivity index (χ4v) is 0.778. The molecular weight excluding hydrogens is 154 g/mol. The van der Waals surface area contributed by atoms with E-state index in [1.165, 1.54) is 0 Å². The van der Waals surface area contributed by atoms with Crippen LogP contribution in [0.25, 0.3) is 0 Å². The summed E-state index contributed by atoms with van der Waals surface area (Å²) in [5.41, 5.74) is -0.191. The number of nitrogens with one attached hydrogen (secondary N) is 1. The first-order valence-corrected chi connectivity index (χ1v) is 4.54. The average molecular weight is 175 g/mol. The van der Waals surface area contributed by atoms with Crippen molar-refractivity contribution in [3.05, 3.63) is 0 Å². The van der Waals surface area contributed by atoms with Crippen molar-refractivity contribution in [2.24, 2.45) is 5.92 Å². The van der Waals surface area contributed by atoms with Crippen molar-refractivity contribution in [1.82, 2.24) is 5.32 Å². The zero-order chi connectivity index (χ0) is 9.61. The summed E-state index contributed by atoms with van der Waals surface area (Å²) < 4.78 is 0. The minimum absolute atomic E-state index is 0.141. The van der Waals surface area contributed by atoms with Crippen LogP contribution < -0.4 is 5.32 Å². The molecule has 0 rings (SSSR count). The summed E-state index contributed by atoms with van der Waals surface area (Å²) in [6, 6.07) is 0. The second kappa shape index (κ2) is 5.51. The lowest BCUT2D eigenvalue weighted by molar-refractivity contribution is 0.154. The highest BCUT2D eigenvalue weighted by Gasteiger charge is 2.20. The standard InChI is InChI=1S/C9H21NO2/c1-4-9(3,7-12)10-5-8(2)6-11/h8,10-12H,4-7H2,1-3H3. The van der Waals surface area contributed by atoms with Gasteiger partial charge in [-0.25, -0.2) is 0 Å². The molecule has 74 valence electrons. The van der Waals surface area contributed by atoms with Gasteiger partial charge in [-0.3, -0.25) is 0 Å².